The topological polar surface area (TPSA) is 118 Å². The van der Waals surface area contributed by atoms with Crippen molar-refractivity contribution in [3.63, 3.8) is 0 Å². The lowest BCUT2D eigenvalue weighted by molar-refractivity contribution is -0.139. The lowest BCUT2D eigenvalue weighted by atomic mass is 9.88. The molecule has 0 saturated carbocycles. The molecule has 2 aromatic carbocycles. The molecule has 3 N–H and O–H groups in total. The molecule has 0 aromatic heterocycles. The number of anilines is 2. The highest BCUT2D eigenvalue weighted by molar-refractivity contribution is 6.71. The Balaban J connectivity index is 1.48. The summed E-state index contributed by atoms with van der Waals surface area (Å²) in [6.45, 7) is 2.66. The maximum Gasteiger partial charge on any atom is 0.416 e. The fourth-order valence-corrected chi connectivity index (χ4v) is 4.31. The minimum Gasteiger partial charge on any atom is -0.505 e. The number of para-hydroxylation sites is 1. The Bertz CT molecular complexity index is 1240. The van der Waals surface area contributed by atoms with Crippen LogP contribution in [0.3, 0.4) is 0 Å². The van der Waals surface area contributed by atoms with E-state index in [1.807, 2.05) is 4.90 Å². The van der Waals surface area contributed by atoms with Gasteiger partial charge in [0.25, 0.3) is 0 Å². The zero-order chi connectivity index (χ0) is 26.0. The Labute approximate surface area is 204 Å². The molecule has 1 saturated heterocycles. The number of rotatable bonds is 6. The van der Waals surface area contributed by atoms with Gasteiger partial charge < -0.3 is 10.2 Å². The third-order valence-electron chi connectivity index (χ3n) is 6.15. The molecule has 2 aliphatic rings. The minimum absolute atomic E-state index is 0.0236. The molecule has 2 aliphatic heterocycles. The molecule has 0 aliphatic carbocycles. The van der Waals surface area contributed by atoms with Gasteiger partial charge in [0.15, 0.2) is 5.71 Å². The molecule has 36 heavy (non-hydrogen) atoms. The monoisotopic (exact) mass is 503 g/mol. The van der Waals surface area contributed by atoms with E-state index < -0.39 is 23.6 Å². The van der Waals surface area contributed by atoms with E-state index in [2.05, 4.69) is 15.6 Å². The van der Waals surface area contributed by atoms with Crippen LogP contribution in [0.15, 0.2) is 52.7 Å². The summed E-state index contributed by atoms with van der Waals surface area (Å²) < 4.78 is 39.2. The van der Waals surface area contributed by atoms with E-state index in [1.54, 1.807) is 18.2 Å². The number of carbonyl (C=O) groups excluding carboxylic acids is 1. The molecule has 2 aromatic rings. The van der Waals surface area contributed by atoms with Crippen molar-refractivity contribution in [3.05, 3.63) is 53.6 Å². The zero-order valence-electron chi connectivity index (χ0n) is 19.3. The van der Waals surface area contributed by atoms with Crippen molar-refractivity contribution in [2.45, 2.75) is 31.9 Å². The molecule has 1 amide bonds. The number of phenols is 1. The Morgan fingerprint density at radius 2 is 1.89 bits per heavy atom. The van der Waals surface area contributed by atoms with Gasteiger partial charge in [0.2, 0.25) is 0 Å². The highest BCUT2D eigenvalue weighted by Gasteiger charge is 2.34. The van der Waals surface area contributed by atoms with Crippen molar-refractivity contribution >= 4 is 34.7 Å². The Morgan fingerprint density at radius 1 is 1.19 bits per heavy atom. The Morgan fingerprint density at radius 3 is 2.56 bits per heavy atom. The van der Waals surface area contributed by atoms with Crippen molar-refractivity contribution in [1.29, 1.82) is 0 Å². The first-order chi connectivity index (χ1) is 17.0. The number of phenolic OH excluding ortho intramolecular Hbond substituents is 1. The van der Waals surface area contributed by atoms with Crippen LogP contribution < -0.4 is 10.4 Å². The SMILES string of the molecule is CC1=NN(c2cccc(C(F)(F)F)c2)C(=O)/C1=N\Nc1cccc(C2CCN(CC(=O)O)CC2)c1O. The molecular weight excluding hydrogens is 479 g/mol. The lowest BCUT2D eigenvalue weighted by Gasteiger charge is -2.31. The van der Waals surface area contributed by atoms with Crippen LogP contribution in [0.25, 0.3) is 0 Å². The van der Waals surface area contributed by atoms with E-state index in [4.69, 9.17) is 5.11 Å². The molecule has 2 heterocycles. The number of alkyl halides is 3. The van der Waals surface area contributed by atoms with Gasteiger partial charge in [-0.15, -0.1) is 0 Å². The van der Waals surface area contributed by atoms with Crippen LogP contribution in [0.1, 0.15) is 36.8 Å². The number of hydrogen-bond donors (Lipinski definition) is 3. The molecule has 0 radical (unpaired) electrons. The fourth-order valence-electron chi connectivity index (χ4n) is 4.31. The van der Waals surface area contributed by atoms with Crippen LogP contribution in [0, 0.1) is 0 Å². The number of hydrazone groups is 2. The second kappa shape index (κ2) is 9.97. The first-order valence-electron chi connectivity index (χ1n) is 11.2. The van der Waals surface area contributed by atoms with Gasteiger partial charge in [-0.25, -0.2) is 0 Å². The number of amides is 1. The number of nitrogens with one attached hydrogen (secondary N) is 1. The van der Waals surface area contributed by atoms with E-state index >= 15 is 0 Å². The number of halogens is 3. The van der Waals surface area contributed by atoms with Crippen molar-refractivity contribution in [1.82, 2.24) is 4.90 Å². The highest BCUT2D eigenvalue weighted by Crippen LogP contribution is 2.38. The number of aliphatic carboxylic acids is 1. The second-order valence-corrected chi connectivity index (χ2v) is 8.61. The average molecular weight is 503 g/mol. The molecule has 0 bridgehead atoms. The largest absolute Gasteiger partial charge is 0.505 e. The van der Waals surface area contributed by atoms with Crippen LogP contribution in [0.4, 0.5) is 24.5 Å². The van der Waals surface area contributed by atoms with Gasteiger partial charge in [0, 0.05) is 0 Å². The Hall–Kier alpha value is -3.93. The standard InChI is InChI=1S/C24H24F3N5O4/c1-14-21(23(36)32(30-14)17-5-2-4-16(12-17)24(25,26)27)29-28-19-7-3-6-18(22(19)35)15-8-10-31(11-9-15)13-20(33)34/h2-7,12,15,28,35H,8-11,13H2,1H3,(H,33,34)/b29-21-. The Kier molecular flexibility index (Phi) is 6.97. The first-order valence-corrected chi connectivity index (χ1v) is 11.2. The number of nitrogens with zero attached hydrogens (tertiary/aromatic N) is 4. The van der Waals surface area contributed by atoms with Crippen LogP contribution >= 0.6 is 0 Å². The van der Waals surface area contributed by atoms with E-state index in [1.165, 1.54) is 19.1 Å². The normalized spacial score (nSPS) is 18.6. The minimum atomic E-state index is -4.56. The van der Waals surface area contributed by atoms with Crippen LogP contribution in [0.2, 0.25) is 0 Å². The molecule has 12 heteroatoms. The predicted octanol–water partition coefficient (Wildman–Crippen LogP) is 3.87. The van der Waals surface area contributed by atoms with E-state index in [0.29, 0.717) is 31.5 Å². The number of hydrogen-bond acceptors (Lipinski definition) is 7. The van der Waals surface area contributed by atoms with Crippen molar-refractivity contribution in [3.8, 4) is 5.75 Å². The van der Waals surface area contributed by atoms with E-state index in [0.717, 1.165) is 17.1 Å². The van der Waals surface area contributed by atoms with Crippen molar-refractivity contribution in [2.24, 2.45) is 10.2 Å². The van der Waals surface area contributed by atoms with Gasteiger partial charge in [-0.05, 0) is 68.6 Å². The number of likely N-dealkylation sites (tertiary alicyclic amines) is 1. The number of piperidine rings is 1. The smallest absolute Gasteiger partial charge is 0.416 e. The number of carboxylic acid groups (broad SMARTS) is 1. The van der Waals surface area contributed by atoms with Crippen LogP contribution in [-0.2, 0) is 15.8 Å². The molecule has 0 spiro atoms. The summed E-state index contributed by atoms with van der Waals surface area (Å²) in [4.78, 5) is 25.6. The first kappa shape index (κ1) is 25.2. The summed E-state index contributed by atoms with van der Waals surface area (Å²) in [6, 6.07) is 9.38. The maximum atomic E-state index is 13.1. The number of carbonyl (C=O) groups is 2. The average Bonchev–Trinajstić information content (AvgIpc) is 3.11. The van der Waals surface area contributed by atoms with Crippen molar-refractivity contribution in [2.75, 3.05) is 30.1 Å². The van der Waals surface area contributed by atoms with Gasteiger partial charge in [-0.2, -0.15) is 28.4 Å². The van der Waals surface area contributed by atoms with Gasteiger partial charge in [0.1, 0.15) is 5.75 Å². The summed E-state index contributed by atoms with van der Waals surface area (Å²) >= 11 is 0. The summed E-state index contributed by atoms with van der Waals surface area (Å²) in [5.41, 5.74) is 2.78. The molecule has 4 rings (SSSR count). The third kappa shape index (κ3) is 5.33. The lowest BCUT2D eigenvalue weighted by Crippen LogP contribution is -2.36. The molecule has 9 nitrogen and oxygen atoms in total. The van der Waals surface area contributed by atoms with E-state index in [-0.39, 0.29) is 41.0 Å². The number of aromatic hydroxyl groups is 1. The maximum absolute atomic E-state index is 13.1. The third-order valence-corrected chi connectivity index (χ3v) is 6.15. The summed E-state index contributed by atoms with van der Waals surface area (Å²) in [5.74, 6) is -1.60. The molecule has 0 atom stereocenters. The van der Waals surface area contributed by atoms with Gasteiger partial charge in [-0.3, -0.25) is 19.9 Å². The quantitative estimate of drug-likeness (QED) is 0.407. The molecule has 0 unspecified atom stereocenters. The van der Waals surface area contributed by atoms with Gasteiger partial charge >= 0.3 is 18.1 Å². The molecule has 1 fully saturated rings. The molecule has 190 valence electrons. The van der Waals surface area contributed by atoms with Gasteiger partial charge in [-0.1, -0.05) is 18.2 Å². The molecular formula is C24H24F3N5O4. The number of benzene rings is 2. The van der Waals surface area contributed by atoms with Crippen LogP contribution in [-0.4, -0.2) is 58.0 Å². The van der Waals surface area contributed by atoms with Gasteiger partial charge in [0.05, 0.1) is 29.2 Å². The number of carboxylic acids is 1. The second-order valence-electron chi connectivity index (χ2n) is 8.61. The summed E-state index contributed by atoms with van der Waals surface area (Å²) in [7, 11) is 0. The fraction of sp³-hybridized carbons (Fsp3) is 0.333. The highest BCUT2D eigenvalue weighted by atomic mass is 19.4. The van der Waals surface area contributed by atoms with Crippen LogP contribution in [0.5, 0.6) is 5.75 Å². The zero-order valence-corrected chi connectivity index (χ0v) is 19.3. The summed E-state index contributed by atoms with van der Waals surface area (Å²) in [6.07, 6.45) is -3.21. The van der Waals surface area contributed by atoms with Crippen molar-refractivity contribution < 1.29 is 33.0 Å². The van der Waals surface area contributed by atoms with E-state index in [9.17, 15) is 27.9 Å². The summed E-state index contributed by atoms with van der Waals surface area (Å²) in [5, 5.41) is 28.8. The predicted molar refractivity (Wildman–Crippen MR) is 127 cm³/mol.